The largest absolute Gasteiger partial charge is 0.373 e. The second kappa shape index (κ2) is 6.69. The number of fused-ring (bicyclic) bond motifs is 1. The Balaban J connectivity index is 1.42. The number of ether oxygens (including phenoxy) is 1. The van der Waals surface area contributed by atoms with Crippen LogP contribution in [0, 0.1) is 6.92 Å². The van der Waals surface area contributed by atoms with Gasteiger partial charge in [0.15, 0.2) is 0 Å². The van der Waals surface area contributed by atoms with Gasteiger partial charge in [0.25, 0.3) is 0 Å². The van der Waals surface area contributed by atoms with Gasteiger partial charge in [-0.15, -0.1) is 11.3 Å². The fourth-order valence-electron chi connectivity index (χ4n) is 3.77. The van der Waals surface area contributed by atoms with Crippen LogP contribution < -0.4 is 0 Å². The second-order valence-electron chi connectivity index (χ2n) is 6.77. The summed E-state index contributed by atoms with van der Waals surface area (Å²) in [6.07, 6.45) is 3.50. The van der Waals surface area contributed by atoms with Gasteiger partial charge in [-0.1, -0.05) is 0 Å². The summed E-state index contributed by atoms with van der Waals surface area (Å²) in [7, 11) is 0. The Hall–Kier alpha value is -1.66. The van der Waals surface area contributed by atoms with E-state index in [2.05, 4.69) is 27.7 Å². The maximum Gasteiger partial charge on any atom is 0.225 e. The van der Waals surface area contributed by atoms with Crippen LogP contribution in [0.15, 0.2) is 17.5 Å². The van der Waals surface area contributed by atoms with Crippen molar-refractivity contribution in [2.75, 3.05) is 19.7 Å². The molecular weight excluding hydrogens is 322 g/mol. The lowest BCUT2D eigenvalue weighted by Crippen LogP contribution is -2.40. The number of H-pyrrole nitrogens is 1. The van der Waals surface area contributed by atoms with E-state index in [0.29, 0.717) is 12.3 Å². The number of nitrogens with zero attached hydrogens (tertiary/aromatic N) is 2. The SMILES string of the molecule is Cc1cc([C@H]2CCCN(C(=O)C[C@H]3OCCc4sccc43)C2)n[nH]1. The summed E-state index contributed by atoms with van der Waals surface area (Å²) >= 11 is 1.78. The van der Waals surface area contributed by atoms with Crippen molar-refractivity contribution in [3.05, 3.63) is 39.3 Å². The van der Waals surface area contributed by atoms with Crippen LogP contribution in [0.1, 0.15) is 53.1 Å². The summed E-state index contributed by atoms with van der Waals surface area (Å²) in [6, 6.07) is 4.21. The second-order valence-corrected chi connectivity index (χ2v) is 7.77. The Bertz CT molecular complexity index is 723. The minimum atomic E-state index is -0.0690. The Morgan fingerprint density at radius 2 is 2.46 bits per heavy atom. The average Bonchev–Trinajstić information content (AvgIpc) is 3.24. The number of hydrogen-bond acceptors (Lipinski definition) is 4. The monoisotopic (exact) mass is 345 g/mol. The van der Waals surface area contributed by atoms with E-state index in [1.807, 2.05) is 11.8 Å². The zero-order valence-corrected chi connectivity index (χ0v) is 14.8. The van der Waals surface area contributed by atoms with Crippen molar-refractivity contribution >= 4 is 17.2 Å². The molecular formula is C18H23N3O2S. The number of piperidine rings is 1. The predicted octanol–water partition coefficient (Wildman–Crippen LogP) is 3.19. The number of aryl methyl sites for hydroxylation is 1. The lowest BCUT2D eigenvalue weighted by atomic mass is 9.94. The molecule has 0 bridgehead atoms. The smallest absolute Gasteiger partial charge is 0.225 e. The third kappa shape index (κ3) is 3.13. The molecule has 0 aliphatic carbocycles. The van der Waals surface area contributed by atoms with Crippen LogP contribution >= 0.6 is 11.3 Å². The highest BCUT2D eigenvalue weighted by atomic mass is 32.1. The number of rotatable bonds is 3. The van der Waals surface area contributed by atoms with Crippen LogP contribution in [0.2, 0.25) is 0 Å². The summed E-state index contributed by atoms with van der Waals surface area (Å²) in [5.41, 5.74) is 3.38. The molecule has 0 unspecified atom stereocenters. The van der Waals surface area contributed by atoms with Gasteiger partial charge in [-0.25, -0.2) is 0 Å². The average molecular weight is 345 g/mol. The maximum absolute atomic E-state index is 12.8. The number of carbonyl (C=O) groups is 1. The normalized spacial score (nSPS) is 24.0. The van der Waals surface area contributed by atoms with E-state index in [0.717, 1.165) is 50.3 Å². The van der Waals surface area contributed by atoms with Crippen molar-refractivity contribution in [3.63, 3.8) is 0 Å². The van der Waals surface area contributed by atoms with Gasteiger partial charge in [0, 0.05) is 36.0 Å². The lowest BCUT2D eigenvalue weighted by molar-refractivity contribution is -0.135. The van der Waals surface area contributed by atoms with Gasteiger partial charge in [0.05, 0.1) is 24.8 Å². The van der Waals surface area contributed by atoms with Crippen molar-refractivity contribution in [1.29, 1.82) is 0 Å². The van der Waals surface area contributed by atoms with E-state index in [-0.39, 0.29) is 12.0 Å². The molecule has 1 fully saturated rings. The zero-order valence-electron chi connectivity index (χ0n) is 14.0. The molecule has 6 heteroatoms. The first kappa shape index (κ1) is 15.8. The van der Waals surface area contributed by atoms with Gasteiger partial charge in [0.1, 0.15) is 0 Å². The van der Waals surface area contributed by atoms with Crippen LogP contribution in [0.4, 0.5) is 0 Å². The highest BCUT2D eigenvalue weighted by molar-refractivity contribution is 7.10. The zero-order chi connectivity index (χ0) is 16.5. The van der Waals surface area contributed by atoms with Crippen molar-refractivity contribution < 1.29 is 9.53 Å². The quantitative estimate of drug-likeness (QED) is 0.929. The molecule has 128 valence electrons. The topological polar surface area (TPSA) is 58.2 Å². The number of hydrogen-bond donors (Lipinski definition) is 1. The van der Waals surface area contributed by atoms with E-state index in [1.54, 1.807) is 11.3 Å². The van der Waals surface area contributed by atoms with Gasteiger partial charge in [-0.2, -0.15) is 5.10 Å². The van der Waals surface area contributed by atoms with Crippen LogP contribution in [0.3, 0.4) is 0 Å². The Morgan fingerprint density at radius 1 is 1.54 bits per heavy atom. The molecule has 0 saturated carbocycles. The molecule has 0 radical (unpaired) electrons. The van der Waals surface area contributed by atoms with Crippen LogP contribution in [-0.2, 0) is 16.0 Å². The summed E-state index contributed by atoms with van der Waals surface area (Å²) in [4.78, 5) is 16.2. The number of thiophene rings is 1. The summed E-state index contributed by atoms with van der Waals surface area (Å²) in [5.74, 6) is 0.549. The van der Waals surface area contributed by atoms with Crippen LogP contribution in [-0.4, -0.2) is 40.7 Å². The lowest BCUT2D eigenvalue weighted by Gasteiger charge is -2.33. The molecule has 2 aromatic rings. The highest BCUT2D eigenvalue weighted by Gasteiger charge is 2.30. The fraction of sp³-hybridized carbons (Fsp3) is 0.556. The van der Waals surface area contributed by atoms with Crippen LogP contribution in [0.5, 0.6) is 0 Å². The third-order valence-corrected chi connectivity index (χ3v) is 6.05. The molecule has 4 rings (SSSR count). The molecule has 0 aromatic carbocycles. The number of amides is 1. The summed E-state index contributed by atoms with van der Waals surface area (Å²) in [6.45, 7) is 4.36. The van der Waals surface area contributed by atoms with E-state index >= 15 is 0 Å². The van der Waals surface area contributed by atoms with Crippen molar-refractivity contribution in [2.45, 2.75) is 44.6 Å². The highest BCUT2D eigenvalue weighted by Crippen LogP contribution is 2.34. The molecule has 5 nitrogen and oxygen atoms in total. The molecule has 2 aliphatic rings. The molecule has 2 aliphatic heterocycles. The summed E-state index contributed by atoms with van der Waals surface area (Å²) < 4.78 is 5.88. The molecule has 1 saturated heterocycles. The standard InChI is InChI=1S/C18H23N3O2S/c1-12-9-15(20-19-12)13-3-2-6-21(11-13)18(22)10-16-14-5-8-24-17(14)4-7-23-16/h5,8-9,13,16H,2-4,6-7,10-11H2,1H3,(H,19,20)/t13-,16+/m0/s1. The van der Waals surface area contributed by atoms with Crippen LogP contribution in [0.25, 0.3) is 0 Å². The maximum atomic E-state index is 12.8. The van der Waals surface area contributed by atoms with Gasteiger partial charge in [-0.05, 0) is 42.8 Å². The Labute approximate surface area is 146 Å². The van der Waals surface area contributed by atoms with Crippen molar-refractivity contribution in [1.82, 2.24) is 15.1 Å². The minimum absolute atomic E-state index is 0.0690. The van der Waals surface area contributed by atoms with Gasteiger partial charge in [0.2, 0.25) is 5.91 Å². The predicted molar refractivity (Wildman–Crippen MR) is 93.2 cm³/mol. The van der Waals surface area contributed by atoms with E-state index < -0.39 is 0 Å². The van der Waals surface area contributed by atoms with Gasteiger partial charge in [-0.3, -0.25) is 9.89 Å². The number of aromatic nitrogens is 2. The molecule has 1 amide bonds. The minimum Gasteiger partial charge on any atom is -0.373 e. The number of likely N-dealkylation sites (tertiary alicyclic amines) is 1. The van der Waals surface area contributed by atoms with E-state index in [9.17, 15) is 4.79 Å². The van der Waals surface area contributed by atoms with E-state index in [1.165, 1.54) is 10.4 Å². The van der Waals surface area contributed by atoms with Crippen molar-refractivity contribution in [3.8, 4) is 0 Å². The molecule has 4 heterocycles. The van der Waals surface area contributed by atoms with Crippen molar-refractivity contribution in [2.24, 2.45) is 0 Å². The first-order valence-corrected chi connectivity index (χ1v) is 9.56. The Kier molecular flexibility index (Phi) is 4.41. The van der Waals surface area contributed by atoms with E-state index in [4.69, 9.17) is 4.74 Å². The van der Waals surface area contributed by atoms with Gasteiger partial charge >= 0.3 is 0 Å². The first-order chi connectivity index (χ1) is 11.7. The third-order valence-electron chi connectivity index (χ3n) is 5.05. The molecule has 2 atom stereocenters. The molecule has 1 N–H and O–H groups in total. The number of nitrogens with one attached hydrogen (secondary N) is 1. The Morgan fingerprint density at radius 3 is 3.29 bits per heavy atom. The fourth-order valence-corrected chi connectivity index (χ4v) is 4.69. The molecule has 24 heavy (non-hydrogen) atoms. The number of carbonyl (C=O) groups excluding carboxylic acids is 1. The first-order valence-electron chi connectivity index (χ1n) is 8.68. The number of aromatic amines is 1. The molecule has 2 aromatic heterocycles. The van der Waals surface area contributed by atoms with Gasteiger partial charge < -0.3 is 9.64 Å². The molecule has 0 spiro atoms. The summed E-state index contributed by atoms with van der Waals surface area (Å²) in [5, 5.41) is 9.50.